The maximum Gasteiger partial charge on any atom is 0.323 e. The third-order valence-corrected chi connectivity index (χ3v) is 5.49. The highest BCUT2D eigenvalue weighted by atomic mass is 16.6. The fourth-order valence-corrected chi connectivity index (χ4v) is 3.94. The van der Waals surface area contributed by atoms with Gasteiger partial charge in [-0.15, -0.1) is 0 Å². The van der Waals surface area contributed by atoms with Crippen molar-refractivity contribution in [3.63, 3.8) is 0 Å². The van der Waals surface area contributed by atoms with Gasteiger partial charge in [0.15, 0.2) is 5.92 Å². The van der Waals surface area contributed by atoms with Gasteiger partial charge in [0.2, 0.25) is 0 Å². The van der Waals surface area contributed by atoms with Crippen LogP contribution in [0.5, 0.6) is 0 Å². The molecule has 3 aliphatic rings. The van der Waals surface area contributed by atoms with E-state index in [9.17, 15) is 14.7 Å². The number of rotatable bonds is 7. The zero-order valence-corrected chi connectivity index (χ0v) is 14.5. The first-order valence-electron chi connectivity index (χ1n) is 8.53. The summed E-state index contributed by atoms with van der Waals surface area (Å²) in [5.74, 6) is -1.54. The van der Waals surface area contributed by atoms with E-state index < -0.39 is 24.0 Å². The Balaban J connectivity index is 2.08. The van der Waals surface area contributed by atoms with Crippen molar-refractivity contribution in [3.8, 4) is 0 Å². The van der Waals surface area contributed by atoms with Crippen LogP contribution in [0.4, 0.5) is 0 Å². The Morgan fingerprint density at radius 1 is 1.26 bits per heavy atom. The fourth-order valence-electron chi connectivity index (χ4n) is 3.94. The van der Waals surface area contributed by atoms with Crippen molar-refractivity contribution < 1.29 is 24.2 Å². The van der Waals surface area contributed by atoms with Gasteiger partial charge in [-0.25, -0.2) is 0 Å². The van der Waals surface area contributed by atoms with E-state index in [4.69, 9.17) is 9.47 Å². The minimum Gasteiger partial charge on any atom is -0.465 e. The van der Waals surface area contributed by atoms with Crippen LogP contribution in [-0.4, -0.2) is 36.4 Å². The van der Waals surface area contributed by atoms with Gasteiger partial charge in [0, 0.05) is 0 Å². The molecule has 2 bridgehead atoms. The molecule has 5 heteroatoms. The van der Waals surface area contributed by atoms with Crippen LogP contribution in [0.25, 0.3) is 0 Å². The lowest BCUT2D eigenvalue weighted by atomic mass is 9.48. The molecule has 130 valence electrons. The summed E-state index contributed by atoms with van der Waals surface area (Å²) in [7, 11) is 0. The van der Waals surface area contributed by atoms with Crippen molar-refractivity contribution >= 4 is 11.9 Å². The van der Waals surface area contributed by atoms with Gasteiger partial charge in [-0.2, -0.15) is 0 Å². The van der Waals surface area contributed by atoms with Gasteiger partial charge in [-0.1, -0.05) is 25.5 Å². The monoisotopic (exact) mass is 324 g/mol. The normalized spacial score (nSPS) is 26.1. The van der Waals surface area contributed by atoms with Gasteiger partial charge in [-0.3, -0.25) is 9.59 Å². The number of hydrogen-bond donors (Lipinski definition) is 1. The Morgan fingerprint density at radius 3 is 2.26 bits per heavy atom. The average molecular weight is 324 g/mol. The number of aliphatic hydroxyl groups is 1. The summed E-state index contributed by atoms with van der Waals surface area (Å²) in [6.07, 6.45) is 3.53. The van der Waals surface area contributed by atoms with E-state index in [1.807, 2.05) is 0 Å². The quantitative estimate of drug-likeness (QED) is 0.442. The molecular formula is C18H28O5. The zero-order chi connectivity index (χ0) is 17.2. The summed E-state index contributed by atoms with van der Waals surface area (Å²) in [6, 6.07) is 0. The lowest BCUT2D eigenvalue weighted by Gasteiger charge is -2.56. The van der Waals surface area contributed by atoms with Crippen molar-refractivity contribution in [1.82, 2.24) is 0 Å². The molecule has 0 radical (unpaired) electrons. The Hall–Kier alpha value is -1.36. The lowest BCUT2D eigenvalue weighted by Crippen LogP contribution is -2.49. The summed E-state index contributed by atoms with van der Waals surface area (Å²) >= 11 is 0. The van der Waals surface area contributed by atoms with Crippen molar-refractivity contribution in [2.45, 2.75) is 53.1 Å². The molecule has 3 unspecified atom stereocenters. The number of carbonyl (C=O) groups excluding carboxylic acids is 2. The Bertz CT molecular complexity index is 476. The first-order valence-corrected chi connectivity index (χ1v) is 8.53. The minimum absolute atomic E-state index is 0.168. The van der Waals surface area contributed by atoms with Crippen molar-refractivity contribution in [1.29, 1.82) is 0 Å². The van der Waals surface area contributed by atoms with Gasteiger partial charge in [0.25, 0.3) is 0 Å². The molecule has 0 spiro atoms. The second kappa shape index (κ2) is 7.04. The van der Waals surface area contributed by atoms with Crippen LogP contribution >= 0.6 is 0 Å². The van der Waals surface area contributed by atoms with E-state index in [1.165, 1.54) is 0 Å². The van der Waals surface area contributed by atoms with Gasteiger partial charge in [0.1, 0.15) is 0 Å². The molecule has 1 fully saturated rings. The number of fused-ring (bicyclic) bond motifs is 1. The maximum absolute atomic E-state index is 12.1. The molecular weight excluding hydrogens is 296 g/mol. The van der Waals surface area contributed by atoms with E-state index in [1.54, 1.807) is 13.8 Å². The SMILES string of the molecule is CCOC(=O)C(C(=O)OCC)C(O)CC1=CCC2CC1C2(C)C. The summed E-state index contributed by atoms with van der Waals surface area (Å²) in [4.78, 5) is 24.1. The summed E-state index contributed by atoms with van der Waals surface area (Å²) < 4.78 is 9.88. The summed E-state index contributed by atoms with van der Waals surface area (Å²) in [6.45, 7) is 8.18. The Morgan fingerprint density at radius 2 is 1.83 bits per heavy atom. The molecule has 0 saturated heterocycles. The molecule has 3 aliphatic carbocycles. The Labute approximate surface area is 138 Å². The van der Waals surface area contributed by atoms with Gasteiger partial charge >= 0.3 is 11.9 Å². The molecule has 23 heavy (non-hydrogen) atoms. The first kappa shape index (κ1) is 18.0. The molecule has 0 aromatic rings. The lowest BCUT2D eigenvalue weighted by molar-refractivity contribution is -0.167. The number of hydrogen-bond acceptors (Lipinski definition) is 5. The van der Waals surface area contributed by atoms with Crippen LogP contribution in [-0.2, 0) is 19.1 Å². The molecule has 1 saturated carbocycles. The standard InChI is InChI=1S/C18H28O5/c1-5-22-16(20)15(17(21)23-6-2)14(19)9-11-7-8-12-10-13(11)18(12,3)4/h7,12-15,19H,5-6,8-10H2,1-4H3. The summed E-state index contributed by atoms with van der Waals surface area (Å²) in [5, 5.41) is 10.5. The smallest absolute Gasteiger partial charge is 0.323 e. The van der Waals surface area contributed by atoms with Gasteiger partial charge < -0.3 is 14.6 Å². The van der Waals surface area contributed by atoms with E-state index in [-0.39, 0.29) is 18.6 Å². The first-order chi connectivity index (χ1) is 10.8. The molecule has 0 aliphatic heterocycles. The largest absolute Gasteiger partial charge is 0.465 e. The van der Waals surface area contributed by atoms with Crippen LogP contribution in [0.1, 0.15) is 47.0 Å². The van der Waals surface area contributed by atoms with Crippen LogP contribution in [0, 0.1) is 23.2 Å². The predicted octanol–water partition coefficient (Wildman–Crippen LogP) is 2.47. The molecule has 0 heterocycles. The third-order valence-electron chi connectivity index (χ3n) is 5.49. The Kier molecular flexibility index (Phi) is 5.50. The van der Waals surface area contributed by atoms with Crippen LogP contribution in [0.3, 0.4) is 0 Å². The van der Waals surface area contributed by atoms with Crippen LogP contribution in [0.2, 0.25) is 0 Å². The van der Waals surface area contributed by atoms with Gasteiger partial charge in [0.05, 0.1) is 19.3 Å². The number of carbonyl (C=O) groups is 2. The van der Waals surface area contributed by atoms with Crippen LogP contribution in [0.15, 0.2) is 11.6 Å². The molecule has 3 atom stereocenters. The highest BCUT2D eigenvalue weighted by Gasteiger charge is 2.51. The number of aliphatic hydroxyl groups excluding tert-OH is 1. The molecule has 5 nitrogen and oxygen atoms in total. The maximum atomic E-state index is 12.1. The van der Waals surface area contributed by atoms with E-state index in [2.05, 4.69) is 19.9 Å². The number of ether oxygens (including phenoxy) is 2. The molecule has 1 N–H and O–H groups in total. The molecule has 0 aromatic carbocycles. The molecule has 0 amide bonds. The molecule has 0 aromatic heterocycles. The zero-order valence-electron chi connectivity index (χ0n) is 14.5. The highest BCUT2D eigenvalue weighted by Crippen LogP contribution is 2.60. The third kappa shape index (κ3) is 3.44. The van der Waals surface area contributed by atoms with Crippen LogP contribution < -0.4 is 0 Å². The van der Waals surface area contributed by atoms with E-state index in [0.29, 0.717) is 18.3 Å². The predicted molar refractivity (Wildman–Crippen MR) is 85.5 cm³/mol. The number of allylic oxidation sites excluding steroid dienone is 1. The fraction of sp³-hybridized carbons (Fsp3) is 0.778. The summed E-state index contributed by atoms with van der Waals surface area (Å²) in [5.41, 5.74) is 1.40. The number of esters is 2. The second-order valence-electron chi connectivity index (χ2n) is 7.07. The van der Waals surface area contributed by atoms with E-state index in [0.717, 1.165) is 18.4 Å². The van der Waals surface area contributed by atoms with Crippen molar-refractivity contribution in [2.24, 2.45) is 23.2 Å². The molecule has 3 rings (SSSR count). The second-order valence-corrected chi connectivity index (χ2v) is 7.07. The van der Waals surface area contributed by atoms with Crippen molar-refractivity contribution in [3.05, 3.63) is 11.6 Å². The van der Waals surface area contributed by atoms with Gasteiger partial charge in [-0.05, 0) is 50.4 Å². The average Bonchev–Trinajstić information content (AvgIpc) is 2.47. The van der Waals surface area contributed by atoms with Crippen molar-refractivity contribution in [2.75, 3.05) is 13.2 Å². The minimum atomic E-state index is -1.27. The highest BCUT2D eigenvalue weighted by molar-refractivity contribution is 5.95. The topological polar surface area (TPSA) is 72.8 Å². The van der Waals surface area contributed by atoms with E-state index >= 15 is 0 Å².